The van der Waals surface area contributed by atoms with Crippen LogP contribution in [-0.4, -0.2) is 47.5 Å². The van der Waals surface area contributed by atoms with Crippen molar-refractivity contribution in [3.63, 3.8) is 0 Å². The zero-order valence-corrected chi connectivity index (χ0v) is 15.6. The van der Waals surface area contributed by atoms with Crippen LogP contribution >= 0.6 is 0 Å². The van der Waals surface area contributed by atoms with Gasteiger partial charge in [-0.2, -0.15) is 4.98 Å². The minimum absolute atomic E-state index is 0.0166. The Morgan fingerprint density at radius 3 is 2.52 bits per heavy atom. The summed E-state index contributed by atoms with van der Waals surface area (Å²) in [5, 5.41) is 9.63. The minimum Gasteiger partial charge on any atom is -0.399 e. The van der Waals surface area contributed by atoms with Gasteiger partial charge in [0.15, 0.2) is 0 Å². The number of likely N-dealkylation sites (N-methyl/N-ethyl adjacent to an activating group) is 1. The van der Waals surface area contributed by atoms with E-state index in [0.717, 1.165) is 29.8 Å². The number of carbonyl (C=O) groups is 1. The van der Waals surface area contributed by atoms with E-state index in [0.29, 0.717) is 23.5 Å². The summed E-state index contributed by atoms with van der Waals surface area (Å²) in [7, 11) is 3.46. The molecule has 1 saturated carbocycles. The SMILES string of the molecule is C=C(N)c1cnc(Nc2ccc(NCC(=O)N(C)C)cc2)nc1NC1CC1. The molecule has 1 aromatic heterocycles. The van der Waals surface area contributed by atoms with Gasteiger partial charge in [-0.3, -0.25) is 4.79 Å². The van der Waals surface area contributed by atoms with Crippen LogP contribution in [-0.2, 0) is 4.79 Å². The van der Waals surface area contributed by atoms with Crippen molar-refractivity contribution >= 4 is 34.7 Å². The third-order valence-corrected chi connectivity index (χ3v) is 4.14. The molecule has 8 nitrogen and oxygen atoms in total. The van der Waals surface area contributed by atoms with Gasteiger partial charge in [-0.1, -0.05) is 6.58 Å². The predicted molar refractivity (Wildman–Crippen MR) is 109 cm³/mol. The Labute approximate surface area is 158 Å². The molecule has 1 aromatic carbocycles. The van der Waals surface area contributed by atoms with Gasteiger partial charge in [0.2, 0.25) is 11.9 Å². The average Bonchev–Trinajstić information content (AvgIpc) is 3.44. The standard InChI is InChI=1S/C19H25N7O/c1-12(20)16-10-22-19(25-18(16)23-14-8-9-14)24-15-6-4-13(5-7-15)21-11-17(27)26(2)3/h4-7,10,14,21H,1,8-9,11,20H2,2-3H3,(H2,22,23,24,25). The molecule has 27 heavy (non-hydrogen) atoms. The third-order valence-electron chi connectivity index (χ3n) is 4.14. The van der Waals surface area contributed by atoms with Gasteiger partial charge in [-0.05, 0) is 37.1 Å². The Balaban J connectivity index is 1.66. The molecule has 0 bridgehead atoms. The molecule has 0 aliphatic heterocycles. The quantitative estimate of drug-likeness (QED) is 0.566. The number of hydrogen-bond donors (Lipinski definition) is 4. The number of hydrogen-bond acceptors (Lipinski definition) is 7. The number of anilines is 4. The first-order valence-corrected chi connectivity index (χ1v) is 8.82. The molecular formula is C19H25N7O. The summed E-state index contributed by atoms with van der Waals surface area (Å²) in [5.41, 5.74) is 8.69. The zero-order chi connectivity index (χ0) is 19.4. The lowest BCUT2D eigenvalue weighted by Crippen LogP contribution is -2.28. The molecule has 0 spiro atoms. The molecule has 1 fully saturated rings. The Bertz CT molecular complexity index is 828. The number of nitrogens with zero attached hydrogens (tertiary/aromatic N) is 3. The number of benzene rings is 1. The summed E-state index contributed by atoms with van der Waals surface area (Å²) >= 11 is 0. The van der Waals surface area contributed by atoms with E-state index in [9.17, 15) is 4.79 Å². The molecule has 1 amide bonds. The highest BCUT2D eigenvalue weighted by atomic mass is 16.2. The largest absolute Gasteiger partial charge is 0.399 e. The normalized spacial score (nSPS) is 13.0. The molecule has 142 valence electrons. The summed E-state index contributed by atoms with van der Waals surface area (Å²) in [6.45, 7) is 4.03. The van der Waals surface area contributed by atoms with Gasteiger partial charge < -0.3 is 26.6 Å². The number of rotatable bonds is 8. The second kappa shape index (κ2) is 7.94. The number of aromatic nitrogens is 2. The van der Waals surface area contributed by atoms with Crippen molar-refractivity contribution in [2.45, 2.75) is 18.9 Å². The van der Waals surface area contributed by atoms with Crippen LogP contribution in [0.2, 0.25) is 0 Å². The smallest absolute Gasteiger partial charge is 0.241 e. The van der Waals surface area contributed by atoms with Crippen LogP contribution in [0, 0.1) is 0 Å². The van der Waals surface area contributed by atoms with Crippen molar-refractivity contribution < 1.29 is 4.79 Å². The number of amides is 1. The van der Waals surface area contributed by atoms with Crippen molar-refractivity contribution in [3.8, 4) is 0 Å². The molecule has 5 N–H and O–H groups in total. The zero-order valence-electron chi connectivity index (χ0n) is 15.6. The maximum atomic E-state index is 11.6. The highest BCUT2D eigenvalue weighted by Crippen LogP contribution is 2.28. The van der Waals surface area contributed by atoms with Crippen LogP contribution in [0.25, 0.3) is 5.70 Å². The van der Waals surface area contributed by atoms with E-state index in [2.05, 4.69) is 32.5 Å². The summed E-state index contributed by atoms with van der Waals surface area (Å²) in [4.78, 5) is 22.0. The van der Waals surface area contributed by atoms with Gasteiger partial charge in [-0.25, -0.2) is 4.98 Å². The Kier molecular flexibility index (Phi) is 5.44. The molecule has 0 unspecified atom stereocenters. The molecule has 1 aliphatic carbocycles. The van der Waals surface area contributed by atoms with Gasteiger partial charge >= 0.3 is 0 Å². The Morgan fingerprint density at radius 1 is 1.26 bits per heavy atom. The van der Waals surface area contributed by atoms with Crippen molar-refractivity contribution in [2.75, 3.05) is 36.6 Å². The third kappa shape index (κ3) is 5.10. The van der Waals surface area contributed by atoms with Gasteiger partial charge in [0, 0.05) is 43.4 Å². The van der Waals surface area contributed by atoms with Crippen LogP contribution in [0.4, 0.5) is 23.1 Å². The number of nitrogens with two attached hydrogens (primary N) is 1. The molecule has 1 heterocycles. The van der Waals surface area contributed by atoms with Crippen molar-refractivity contribution in [1.82, 2.24) is 14.9 Å². The molecule has 0 radical (unpaired) electrons. The fraction of sp³-hybridized carbons (Fsp3) is 0.316. The second-order valence-electron chi connectivity index (χ2n) is 6.74. The monoisotopic (exact) mass is 367 g/mol. The fourth-order valence-corrected chi connectivity index (χ4v) is 2.34. The highest BCUT2D eigenvalue weighted by molar-refractivity contribution is 5.80. The Morgan fingerprint density at radius 2 is 1.93 bits per heavy atom. The molecule has 1 aliphatic rings. The maximum absolute atomic E-state index is 11.6. The van der Waals surface area contributed by atoms with E-state index in [-0.39, 0.29) is 12.5 Å². The molecule has 3 rings (SSSR count). The summed E-state index contributed by atoms with van der Waals surface area (Å²) in [6, 6.07) is 8.03. The number of nitrogens with one attached hydrogen (secondary N) is 3. The lowest BCUT2D eigenvalue weighted by molar-refractivity contribution is -0.126. The first kappa shape index (κ1) is 18.5. The summed E-state index contributed by atoms with van der Waals surface area (Å²) < 4.78 is 0. The van der Waals surface area contributed by atoms with Crippen molar-refractivity contribution in [1.29, 1.82) is 0 Å². The van der Waals surface area contributed by atoms with E-state index in [4.69, 9.17) is 5.73 Å². The molecule has 0 atom stereocenters. The second-order valence-corrected chi connectivity index (χ2v) is 6.74. The van der Waals surface area contributed by atoms with Crippen LogP contribution in [0.5, 0.6) is 0 Å². The number of carbonyl (C=O) groups excluding carboxylic acids is 1. The maximum Gasteiger partial charge on any atom is 0.241 e. The topological polar surface area (TPSA) is 108 Å². The van der Waals surface area contributed by atoms with Crippen LogP contribution in [0.3, 0.4) is 0 Å². The molecular weight excluding hydrogens is 342 g/mol. The molecule has 0 saturated heterocycles. The molecule has 2 aromatic rings. The summed E-state index contributed by atoms with van der Waals surface area (Å²) in [6.07, 6.45) is 3.94. The highest BCUT2D eigenvalue weighted by Gasteiger charge is 2.23. The summed E-state index contributed by atoms with van der Waals surface area (Å²) in [5.74, 6) is 1.19. The van der Waals surface area contributed by atoms with E-state index >= 15 is 0 Å². The van der Waals surface area contributed by atoms with Crippen LogP contribution in [0.15, 0.2) is 37.0 Å². The lowest BCUT2D eigenvalue weighted by atomic mass is 10.2. The van der Waals surface area contributed by atoms with Crippen LogP contribution in [0.1, 0.15) is 18.4 Å². The van der Waals surface area contributed by atoms with Gasteiger partial charge in [0.05, 0.1) is 12.1 Å². The van der Waals surface area contributed by atoms with Gasteiger partial charge in [0.25, 0.3) is 0 Å². The first-order chi connectivity index (χ1) is 12.9. The van der Waals surface area contributed by atoms with E-state index in [1.807, 2.05) is 24.3 Å². The van der Waals surface area contributed by atoms with Crippen molar-refractivity contribution in [2.24, 2.45) is 5.73 Å². The van der Waals surface area contributed by atoms with Crippen LogP contribution < -0.4 is 21.7 Å². The van der Waals surface area contributed by atoms with E-state index < -0.39 is 0 Å². The van der Waals surface area contributed by atoms with E-state index in [1.54, 1.807) is 25.2 Å². The van der Waals surface area contributed by atoms with Gasteiger partial charge in [0.1, 0.15) is 5.82 Å². The first-order valence-electron chi connectivity index (χ1n) is 8.82. The van der Waals surface area contributed by atoms with E-state index in [1.165, 1.54) is 0 Å². The van der Waals surface area contributed by atoms with Crippen molar-refractivity contribution in [3.05, 3.63) is 42.6 Å². The fourth-order valence-electron chi connectivity index (χ4n) is 2.34. The average molecular weight is 367 g/mol. The predicted octanol–water partition coefficient (Wildman–Crippen LogP) is 2.22. The van der Waals surface area contributed by atoms with Gasteiger partial charge in [-0.15, -0.1) is 0 Å². The Hall–Kier alpha value is -3.29. The lowest BCUT2D eigenvalue weighted by Gasteiger charge is -2.13. The minimum atomic E-state index is 0.0166. The molecule has 8 heteroatoms.